The van der Waals surface area contributed by atoms with Crippen molar-refractivity contribution in [3.8, 4) is 16.6 Å². The summed E-state index contributed by atoms with van der Waals surface area (Å²) >= 11 is 1.10. The molecule has 0 saturated heterocycles. The molecule has 1 heterocycles. The number of ether oxygens (including phenoxy) is 2. The number of hydrogen-bond donors (Lipinski definition) is 2. The molecule has 3 rings (SSSR count). The van der Waals surface area contributed by atoms with Gasteiger partial charge in [-0.25, -0.2) is 23.1 Å². The summed E-state index contributed by atoms with van der Waals surface area (Å²) in [5.74, 6) is 0.362. The van der Waals surface area contributed by atoms with Crippen LogP contribution >= 0.6 is 11.3 Å². The van der Waals surface area contributed by atoms with Crippen LogP contribution in [0.15, 0.2) is 53.6 Å². The maximum absolute atomic E-state index is 13.3. The van der Waals surface area contributed by atoms with E-state index in [4.69, 9.17) is 9.47 Å². The predicted octanol–water partition coefficient (Wildman–Crippen LogP) is 3.99. The van der Waals surface area contributed by atoms with Crippen molar-refractivity contribution in [2.24, 2.45) is 0 Å². The minimum Gasteiger partial charge on any atom is -0.495 e. The Balaban J connectivity index is 1.70. The highest BCUT2D eigenvalue weighted by Crippen LogP contribution is 2.31. The van der Waals surface area contributed by atoms with Crippen molar-refractivity contribution in [1.29, 1.82) is 0 Å². The average molecular weight is 451 g/mol. The number of carbonyl (C=O) groups excluding carboxylic acids is 1. The van der Waals surface area contributed by atoms with Crippen molar-refractivity contribution in [2.45, 2.75) is 4.90 Å². The zero-order valence-electron chi connectivity index (χ0n) is 16.3. The smallest absolute Gasteiger partial charge is 0.327 e. The monoisotopic (exact) mass is 450 g/mol. The Hall–Kier alpha value is -3.02. The number of methoxy groups -OCH3 is 1. The molecule has 2 aromatic carbocycles. The van der Waals surface area contributed by atoms with E-state index in [0.717, 1.165) is 11.3 Å². The standard InChI is InChI=1S/C19H19FN4O4S2/c1-21-30(26)16-10-13(7-8-15(16)27-3)24(2)19(25)23-18-22-11-17(29-18)28-14-6-4-5-12(20)9-14/h4-11,21H,1-3H3,(H,22,23,25). The lowest BCUT2D eigenvalue weighted by Gasteiger charge is -2.19. The normalized spacial score (nSPS) is 11.6. The van der Waals surface area contributed by atoms with Gasteiger partial charge in [0, 0.05) is 18.8 Å². The number of carbonyl (C=O) groups is 1. The van der Waals surface area contributed by atoms with E-state index in [2.05, 4.69) is 15.0 Å². The van der Waals surface area contributed by atoms with Crippen LogP contribution in [0.4, 0.5) is 20.0 Å². The Morgan fingerprint density at radius 2 is 2.07 bits per heavy atom. The van der Waals surface area contributed by atoms with E-state index < -0.39 is 22.8 Å². The first-order valence-corrected chi connectivity index (χ1v) is 10.6. The van der Waals surface area contributed by atoms with Crippen molar-refractivity contribution in [3.05, 3.63) is 54.5 Å². The third kappa shape index (κ3) is 5.12. The van der Waals surface area contributed by atoms with E-state index >= 15 is 0 Å². The molecule has 0 aliphatic heterocycles. The molecule has 2 N–H and O–H groups in total. The third-order valence-electron chi connectivity index (χ3n) is 3.94. The number of aromatic nitrogens is 1. The number of anilines is 2. The van der Waals surface area contributed by atoms with Gasteiger partial charge in [-0.05, 0) is 37.4 Å². The Bertz CT molecular complexity index is 1080. The quantitative estimate of drug-likeness (QED) is 0.568. The number of urea groups is 1. The second-order valence-corrected chi connectivity index (χ2v) is 8.22. The summed E-state index contributed by atoms with van der Waals surface area (Å²) in [7, 11) is 3.13. The molecule has 0 spiro atoms. The number of nitrogens with one attached hydrogen (secondary N) is 2. The molecule has 30 heavy (non-hydrogen) atoms. The van der Waals surface area contributed by atoms with Crippen molar-refractivity contribution < 1.29 is 22.9 Å². The lowest BCUT2D eigenvalue weighted by molar-refractivity contribution is 0.258. The number of amides is 2. The Labute approximate surface area is 179 Å². The summed E-state index contributed by atoms with van der Waals surface area (Å²) in [5.41, 5.74) is 0.514. The molecule has 1 aromatic heterocycles. The van der Waals surface area contributed by atoms with Gasteiger partial charge in [-0.3, -0.25) is 10.2 Å². The lowest BCUT2D eigenvalue weighted by atomic mass is 10.3. The molecular weight excluding hydrogens is 431 g/mol. The van der Waals surface area contributed by atoms with Crippen LogP contribution in [0.25, 0.3) is 0 Å². The average Bonchev–Trinajstić information content (AvgIpc) is 3.18. The van der Waals surface area contributed by atoms with Crippen LogP contribution < -0.4 is 24.4 Å². The number of hydrogen-bond acceptors (Lipinski definition) is 6. The van der Waals surface area contributed by atoms with E-state index in [0.29, 0.717) is 32.3 Å². The predicted molar refractivity (Wildman–Crippen MR) is 114 cm³/mol. The zero-order valence-corrected chi connectivity index (χ0v) is 18.0. The van der Waals surface area contributed by atoms with Gasteiger partial charge in [0.05, 0.1) is 18.2 Å². The van der Waals surface area contributed by atoms with E-state index in [1.165, 1.54) is 36.4 Å². The van der Waals surface area contributed by atoms with Gasteiger partial charge in [-0.1, -0.05) is 17.4 Å². The summed E-state index contributed by atoms with van der Waals surface area (Å²) in [6.45, 7) is 0. The van der Waals surface area contributed by atoms with E-state index in [1.54, 1.807) is 38.4 Å². The Morgan fingerprint density at radius 1 is 1.27 bits per heavy atom. The van der Waals surface area contributed by atoms with Gasteiger partial charge < -0.3 is 9.47 Å². The Kier molecular flexibility index (Phi) is 6.98. The number of halogens is 1. The van der Waals surface area contributed by atoms with Crippen LogP contribution in [-0.4, -0.2) is 36.4 Å². The van der Waals surface area contributed by atoms with Crippen LogP contribution in [0.2, 0.25) is 0 Å². The van der Waals surface area contributed by atoms with Crippen molar-refractivity contribution in [3.63, 3.8) is 0 Å². The molecular formula is C19H19FN4O4S2. The highest BCUT2D eigenvalue weighted by atomic mass is 32.2. The molecule has 3 aromatic rings. The highest BCUT2D eigenvalue weighted by Gasteiger charge is 2.17. The molecule has 158 valence electrons. The minimum absolute atomic E-state index is 0.311. The van der Waals surface area contributed by atoms with Gasteiger partial charge in [0.15, 0.2) is 5.13 Å². The third-order valence-corrected chi connectivity index (χ3v) is 5.82. The number of thiazole rings is 1. The fourth-order valence-electron chi connectivity index (χ4n) is 2.43. The highest BCUT2D eigenvalue weighted by molar-refractivity contribution is 7.83. The first-order valence-electron chi connectivity index (χ1n) is 8.62. The SMILES string of the molecule is CNS(=O)c1cc(N(C)C(=O)Nc2ncc(Oc3cccc(F)c3)s2)ccc1OC. The molecule has 1 atom stereocenters. The molecule has 0 aliphatic carbocycles. The summed E-state index contributed by atoms with van der Waals surface area (Å²) in [5, 5.41) is 3.38. The molecule has 0 aliphatic rings. The second kappa shape index (κ2) is 9.65. The zero-order chi connectivity index (χ0) is 21.7. The number of benzene rings is 2. The molecule has 11 heteroatoms. The van der Waals surface area contributed by atoms with E-state index in [9.17, 15) is 13.4 Å². The molecule has 0 radical (unpaired) electrons. The fourth-order valence-corrected chi connectivity index (χ4v) is 3.89. The van der Waals surface area contributed by atoms with Crippen molar-refractivity contribution in [2.75, 3.05) is 31.4 Å². The van der Waals surface area contributed by atoms with Gasteiger partial charge in [0.1, 0.15) is 28.3 Å². The molecule has 0 fully saturated rings. The topological polar surface area (TPSA) is 92.8 Å². The minimum atomic E-state index is -1.48. The van der Waals surface area contributed by atoms with Gasteiger partial charge in [0.2, 0.25) is 5.06 Å². The van der Waals surface area contributed by atoms with E-state index in [-0.39, 0.29) is 0 Å². The van der Waals surface area contributed by atoms with E-state index in [1.807, 2.05) is 0 Å². The van der Waals surface area contributed by atoms with Crippen LogP contribution in [0.1, 0.15) is 0 Å². The first-order chi connectivity index (χ1) is 14.4. The molecule has 1 unspecified atom stereocenters. The van der Waals surface area contributed by atoms with Gasteiger partial charge >= 0.3 is 6.03 Å². The van der Waals surface area contributed by atoms with Gasteiger partial charge in [-0.15, -0.1) is 0 Å². The second-order valence-electron chi connectivity index (χ2n) is 5.84. The Morgan fingerprint density at radius 3 is 2.77 bits per heavy atom. The van der Waals surface area contributed by atoms with Crippen LogP contribution in [-0.2, 0) is 11.0 Å². The molecule has 2 amide bonds. The number of nitrogens with zero attached hydrogens (tertiary/aromatic N) is 2. The van der Waals surface area contributed by atoms with Gasteiger partial charge in [-0.2, -0.15) is 0 Å². The largest absolute Gasteiger partial charge is 0.495 e. The maximum Gasteiger partial charge on any atom is 0.327 e. The summed E-state index contributed by atoms with van der Waals surface area (Å²) in [4.78, 5) is 18.5. The summed E-state index contributed by atoms with van der Waals surface area (Å²) in [6, 6.07) is 10.2. The maximum atomic E-state index is 13.3. The molecule has 0 bridgehead atoms. The number of rotatable bonds is 7. The van der Waals surface area contributed by atoms with Crippen molar-refractivity contribution >= 4 is 39.2 Å². The first kappa shape index (κ1) is 21.7. The molecule has 8 nitrogen and oxygen atoms in total. The summed E-state index contributed by atoms with van der Waals surface area (Å²) in [6.07, 6.45) is 1.44. The molecule has 0 saturated carbocycles. The lowest BCUT2D eigenvalue weighted by Crippen LogP contribution is -2.31. The van der Waals surface area contributed by atoms with Crippen LogP contribution in [0.5, 0.6) is 16.6 Å². The van der Waals surface area contributed by atoms with Crippen LogP contribution in [0, 0.1) is 5.82 Å². The van der Waals surface area contributed by atoms with Crippen molar-refractivity contribution in [1.82, 2.24) is 9.71 Å². The van der Waals surface area contributed by atoms with Crippen LogP contribution in [0.3, 0.4) is 0 Å². The summed E-state index contributed by atoms with van der Waals surface area (Å²) < 4.78 is 38.8. The van der Waals surface area contributed by atoms with Gasteiger partial charge in [0.25, 0.3) is 0 Å². The fraction of sp³-hybridized carbons (Fsp3) is 0.158.